The summed E-state index contributed by atoms with van der Waals surface area (Å²) in [6.45, 7) is 12.8. The minimum Gasteiger partial charge on any atom is -0.368 e. The highest BCUT2D eigenvalue weighted by Gasteiger charge is 2.49. The van der Waals surface area contributed by atoms with Crippen LogP contribution in [0.4, 0.5) is 0 Å². The van der Waals surface area contributed by atoms with Crippen molar-refractivity contribution in [1.82, 2.24) is 9.80 Å². The first-order valence-electron chi connectivity index (χ1n) is 11.9. The molecule has 0 spiro atoms. The van der Waals surface area contributed by atoms with E-state index in [1.807, 2.05) is 37.5 Å². The minimum absolute atomic E-state index is 0.0378. The van der Waals surface area contributed by atoms with Gasteiger partial charge in [-0.05, 0) is 53.4 Å². The second-order valence-electron chi connectivity index (χ2n) is 11.4. The molecule has 4 aliphatic heterocycles. The molecule has 1 aliphatic carbocycles. The Kier molecular flexibility index (Phi) is 5.24. The third-order valence-electron chi connectivity index (χ3n) is 7.21. The second-order valence-corrected chi connectivity index (χ2v) is 11.4. The van der Waals surface area contributed by atoms with Gasteiger partial charge in [0.2, 0.25) is 11.8 Å². The maximum Gasteiger partial charge on any atom is 0.250 e. The molecule has 32 heavy (non-hydrogen) atoms. The minimum atomic E-state index is -0.290. The molecule has 8 nitrogen and oxygen atoms in total. The molecule has 4 heterocycles. The molecule has 4 atom stereocenters. The van der Waals surface area contributed by atoms with Crippen LogP contribution in [-0.2, 0) is 28.5 Å². The summed E-state index contributed by atoms with van der Waals surface area (Å²) in [5.74, 6) is -0.0755. The first-order chi connectivity index (χ1) is 15.0. The van der Waals surface area contributed by atoms with Gasteiger partial charge in [0.1, 0.15) is 22.4 Å². The highest BCUT2D eigenvalue weighted by molar-refractivity contribution is 6.05. The van der Waals surface area contributed by atoms with Gasteiger partial charge in [-0.1, -0.05) is 0 Å². The van der Waals surface area contributed by atoms with Crippen LogP contribution in [0, 0.1) is 0 Å². The van der Waals surface area contributed by atoms with Crippen LogP contribution >= 0.6 is 0 Å². The Labute approximate surface area is 190 Å². The first kappa shape index (κ1) is 22.3. The molecule has 4 saturated heterocycles. The Morgan fingerprint density at radius 3 is 1.09 bits per heavy atom. The van der Waals surface area contributed by atoms with Crippen LogP contribution in [0.3, 0.4) is 0 Å². The molecule has 178 valence electrons. The van der Waals surface area contributed by atoms with Crippen LogP contribution in [0.15, 0.2) is 11.1 Å². The van der Waals surface area contributed by atoms with Crippen molar-refractivity contribution < 1.29 is 28.5 Å². The molecule has 0 N–H and O–H groups in total. The van der Waals surface area contributed by atoms with Crippen molar-refractivity contribution in [2.75, 3.05) is 52.6 Å². The van der Waals surface area contributed by atoms with Crippen molar-refractivity contribution in [3.8, 4) is 0 Å². The smallest absolute Gasteiger partial charge is 0.250 e. The largest absolute Gasteiger partial charge is 0.368 e. The quantitative estimate of drug-likeness (QED) is 0.472. The Balaban J connectivity index is 1.40. The molecular formula is C24H36N2O6. The number of nitrogens with zero attached hydrogens (tertiary/aromatic N) is 2. The summed E-state index contributed by atoms with van der Waals surface area (Å²) in [7, 11) is 0. The van der Waals surface area contributed by atoms with Gasteiger partial charge in [-0.25, -0.2) is 0 Å². The van der Waals surface area contributed by atoms with Crippen LogP contribution in [-0.4, -0.2) is 96.6 Å². The van der Waals surface area contributed by atoms with Crippen molar-refractivity contribution in [1.29, 1.82) is 0 Å². The SMILES string of the molecule is CC1(CN(CC2(C)CO2)C(=O)C2=C(C(=O)N(CC3(C)CO3)CC3(C)CO3)CCCC2)CO1. The highest BCUT2D eigenvalue weighted by Crippen LogP contribution is 2.36. The molecule has 0 aromatic carbocycles. The summed E-state index contributed by atoms with van der Waals surface area (Å²) in [5.41, 5.74) is 0.182. The standard InChI is InChI=1S/C24H36N2O6/c1-21(13-29-21)9-25(10-22(2)14-30-22)19(27)17-7-5-6-8-18(17)20(28)26(11-23(3)15-31-23)12-24(4)16-32-24/h5-16H2,1-4H3. The maximum absolute atomic E-state index is 13.8. The molecule has 4 unspecified atom stereocenters. The number of ether oxygens (including phenoxy) is 4. The van der Waals surface area contributed by atoms with Gasteiger partial charge in [0.05, 0.1) is 52.6 Å². The van der Waals surface area contributed by atoms with E-state index in [1.54, 1.807) is 0 Å². The molecule has 0 aromatic heterocycles. The van der Waals surface area contributed by atoms with E-state index in [2.05, 4.69) is 0 Å². The van der Waals surface area contributed by atoms with Crippen molar-refractivity contribution >= 4 is 11.8 Å². The van der Waals surface area contributed by atoms with Crippen LogP contribution in [0.25, 0.3) is 0 Å². The van der Waals surface area contributed by atoms with E-state index < -0.39 is 0 Å². The van der Waals surface area contributed by atoms with Crippen LogP contribution < -0.4 is 0 Å². The fraction of sp³-hybridized carbons (Fsp3) is 0.833. The van der Waals surface area contributed by atoms with Gasteiger partial charge < -0.3 is 28.7 Å². The number of hydrogen-bond acceptors (Lipinski definition) is 6. The molecule has 0 bridgehead atoms. The number of carbonyl (C=O) groups is 2. The van der Waals surface area contributed by atoms with E-state index >= 15 is 0 Å². The third kappa shape index (κ3) is 5.03. The molecule has 5 rings (SSSR count). The van der Waals surface area contributed by atoms with Crippen LogP contribution in [0.1, 0.15) is 53.4 Å². The van der Waals surface area contributed by atoms with E-state index in [9.17, 15) is 9.59 Å². The highest BCUT2D eigenvalue weighted by atomic mass is 16.6. The van der Waals surface area contributed by atoms with Gasteiger partial charge in [0.15, 0.2) is 0 Å². The molecule has 0 radical (unpaired) electrons. The van der Waals surface area contributed by atoms with E-state index in [0.29, 0.717) is 76.6 Å². The lowest BCUT2D eigenvalue weighted by atomic mass is 9.89. The summed E-state index contributed by atoms with van der Waals surface area (Å²) < 4.78 is 22.3. The molecule has 0 saturated carbocycles. The zero-order chi connectivity index (χ0) is 22.8. The van der Waals surface area contributed by atoms with Gasteiger partial charge in [-0.2, -0.15) is 0 Å². The van der Waals surface area contributed by atoms with Crippen molar-refractivity contribution in [3.05, 3.63) is 11.1 Å². The Morgan fingerprint density at radius 2 is 0.875 bits per heavy atom. The van der Waals surface area contributed by atoms with Gasteiger partial charge in [-0.15, -0.1) is 0 Å². The molecule has 2 amide bonds. The predicted molar refractivity (Wildman–Crippen MR) is 116 cm³/mol. The number of rotatable bonds is 10. The maximum atomic E-state index is 13.8. The van der Waals surface area contributed by atoms with Gasteiger partial charge in [0.25, 0.3) is 0 Å². The zero-order valence-corrected chi connectivity index (χ0v) is 19.8. The predicted octanol–water partition coefficient (Wildman–Crippen LogP) is 1.67. The monoisotopic (exact) mass is 448 g/mol. The fourth-order valence-electron chi connectivity index (χ4n) is 4.63. The summed E-state index contributed by atoms with van der Waals surface area (Å²) in [5, 5.41) is 0. The van der Waals surface area contributed by atoms with Gasteiger partial charge in [-0.3, -0.25) is 9.59 Å². The Bertz CT molecular complexity index is 727. The van der Waals surface area contributed by atoms with Gasteiger partial charge in [0, 0.05) is 11.1 Å². The van der Waals surface area contributed by atoms with Crippen molar-refractivity contribution in [3.63, 3.8) is 0 Å². The molecule has 5 aliphatic rings. The van der Waals surface area contributed by atoms with E-state index in [4.69, 9.17) is 18.9 Å². The lowest BCUT2D eigenvalue weighted by molar-refractivity contribution is -0.132. The second kappa shape index (κ2) is 7.52. The van der Waals surface area contributed by atoms with Crippen LogP contribution in [0.5, 0.6) is 0 Å². The Hall–Kier alpha value is -1.48. The average Bonchev–Trinajstić information content (AvgIpc) is 3.58. The van der Waals surface area contributed by atoms with Crippen molar-refractivity contribution in [2.24, 2.45) is 0 Å². The third-order valence-corrected chi connectivity index (χ3v) is 7.21. The van der Waals surface area contributed by atoms with E-state index in [-0.39, 0.29) is 34.2 Å². The fourth-order valence-corrected chi connectivity index (χ4v) is 4.63. The summed E-state index contributed by atoms with van der Waals surface area (Å²) in [6.07, 6.45) is 3.13. The lowest BCUT2D eigenvalue weighted by Gasteiger charge is -2.32. The first-order valence-corrected chi connectivity index (χ1v) is 11.9. The van der Waals surface area contributed by atoms with E-state index in [0.717, 1.165) is 12.8 Å². The number of hydrogen-bond donors (Lipinski definition) is 0. The summed E-state index contributed by atoms with van der Waals surface area (Å²) in [4.78, 5) is 31.3. The number of epoxide rings is 4. The normalized spacial score (nSPS) is 39.5. The lowest BCUT2D eigenvalue weighted by Crippen LogP contribution is -2.46. The molecule has 4 fully saturated rings. The van der Waals surface area contributed by atoms with Gasteiger partial charge >= 0.3 is 0 Å². The molecule has 8 heteroatoms. The summed E-state index contributed by atoms with van der Waals surface area (Å²) >= 11 is 0. The zero-order valence-electron chi connectivity index (χ0n) is 19.8. The number of carbonyl (C=O) groups excluding carboxylic acids is 2. The van der Waals surface area contributed by atoms with Crippen molar-refractivity contribution in [2.45, 2.75) is 75.8 Å². The summed E-state index contributed by atoms with van der Waals surface area (Å²) in [6, 6.07) is 0. The topological polar surface area (TPSA) is 90.7 Å². The average molecular weight is 449 g/mol. The van der Waals surface area contributed by atoms with Crippen LogP contribution in [0.2, 0.25) is 0 Å². The molecular weight excluding hydrogens is 412 g/mol. The number of amides is 2. The Morgan fingerprint density at radius 1 is 0.625 bits per heavy atom. The van der Waals surface area contributed by atoms with E-state index in [1.165, 1.54) is 0 Å². The molecule has 0 aromatic rings.